The molecule has 1 heterocycles. The first-order valence-corrected chi connectivity index (χ1v) is 7.87. The van der Waals surface area contributed by atoms with Crippen LogP contribution in [0.2, 0.25) is 0 Å². The van der Waals surface area contributed by atoms with Gasteiger partial charge < -0.3 is 14.2 Å². The Morgan fingerprint density at radius 3 is 2.62 bits per heavy atom. The van der Waals surface area contributed by atoms with E-state index in [4.69, 9.17) is 14.2 Å². The molecule has 1 aliphatic heterocycles. The molecular formula is C19H18O5. The third-order valence-electron chi connectivity index (χ3n) is 3.80. The average Bonchev–Trinajstić information content (AvgIpc) is 2.62. The molecule has 3 rings (SSSR count). The summed E-state index contributed by atoms with van der Waals surface area (Å²) in [5, 5.41) is 0. The summed E-state index contributed by atoms with van der Waals surface area (Å²) in [5.74, 6) is 0.137. The topological polar surface area (TPSA) is 61.8 Å². The minimum atomic E-state index is -0.396. The quantitative estimate of drug-likeness (QED) is 0.638. The normalized spacial score (nSPS) is 15.8. The summed E-state index contributed by atoms with van der Waals surface area (Å²) >= 11 is 0. The van der Waals surface area contributed by atoms with Crippen LogP contribution < -0.4 is 9.47 Å². The molecule has 0 radical (unpaired) electrons. The number of hydrogen-bond acceptors (Lipinski definition) is 5. The van der Waals surface area contributed by atoms with E-state index in [-0.39, 0.29) is 11.9 Å². The first-order valence-electron chi connectivity index (χ1n) is 7.87. The molecule has 0 fully saturated rings. The number of para-hydroxylation sites is 1. The van der Waals surface area contributed by atoms with Crippen LogP contribution in [0, 0.1) is 5.92 Å². The monoisotopic (exact) mass is 326 g/mol. The van der Waals surface area contributed by atoms with E-state index in [0.717, 1.165) is 11.3 Å². The van der Waals surface area contributed by atoms with Crippen LogP contribution in [0.25, 0.3) is 0 Å². The van der Waals surface area contributed by atoms with Crippen molar-refractivity contribution >= 4 is 11.9 Å². The van der Waals surface area contributed by atoms with E-state index in [0.29, 0.717) is 30.9 Å². The molecule has 5 heteroatoms. The summed E-state index contributed by atoms with van der Waals surface area (Å²) in [6.07, 6.45) is 0.593. The molecule has 0 aliphatic carbocycles. The fourth-order valence-electron chi connectivity index (χ4n) is 2.55. The number of ether oxygens (including phenoxy) is 3. The van der Waals surface area contributed by atoms with E-state index in [1.54, 1.807) is 31.2 Å². The van der Waals surface area contributed by atoms with Gasteiger partial charge in [-0.3, -0.25) is 4.79 Å². The lowest BCUT2D eigenvalue weighted by molar-refractivity contribution is -0.140. The number of benzene rings is 2. The molecule has 0 unspecified atom stereocenters. The Hall–Kier alpha value is -2.82. The SMILES string of the molecule is CCOC(=O)c1ccc(OC(=O)[C@@H]2COc3ccccc3C2)cc1. The number of carbonyl (C=O) groups excluding carboxylic acids is 2. The summed E-state index contributed by atoms with van der Waals surface area (Å²) in [7, 11) is 0. The van der Waals surface area contributed by atoms with Crippen molar-refractivity contribution in [1.82, 2.24) is 0 Å². The van der Waals surface area contributed by atoms with Gasteiger partial charge in [-0.1, -0.05) is 18.2 Å². The van der Waals surface area contributed by atoms with E-state index < -0.39 is 5.97 Å². The summed E-state index contributed by atoms with van der Waals surface area (Å²) in [6.45, 7) is 2.37. The van der Waals surface area contributed by atoms with Crippen molar-refractivity contribution < 1.29 is 23.8 Å². The lowest BCUT2D eigenvalue weighted by atomic mass is 9.97. The van der Waals surface area contributed by atoms with Crippen LogP contribution in [0.5, 0.6) is 11.5 Å². The molecular weight excluding hydrogens is 308 g/mol. The molecule has 0 amide bonds. The second-order valence-corrected chi connectivity index (χ2v) is 5.49. The Morgan fingerprint density at radius 1 is 1.12 bits per heavy atom. The summed E-state index contributed by atoms with van der Waals surface area (Å²) < 4.78 is 15.9. The second kappa shape index (κ2) is 7.17. The van der Waals surface area contributed by atoms with Crippen LogP contribution in [0.3, 0.4) is 0 Å². The maximum atomic E-state index is 12.3. The van der Waals surface area contributed by atoms with Gasteiger partial charge in [-0.2, -0.15) is 0 Å². The standard InChI is InChI=1S/C19H18O5/c1-2-22-18(20)13-7-9-16(10-8-13)24-19(21)15-11-14-5-3-4-6-17(14)23-12-15/h3-10,15H,2,11-12H2,1H3/t15-/m0/s1. The van der Waals surface area contributed by atoms with Crippen LogP contribution in [0.4, 0.5) is 0 Å². The van der Waals surface area contributed by atoms with E-state index >= 15 is 0 Å². The van der Waals surface area contributed by atoms with Crippen LogP contribution in [-0.4, -0.2) is 25.2 Å². The van der Waals surface area contributed by atoms with E-state index in [2.05, 4.69) is 0 Å². The number of rotatable bonds is 4. The molecule has 0 saturated carbocycles. The zero-order chi connectivity index (χ0) is 16.9. The third kappa shape index (κ3) is 3.56. The van der Waals surface area contributed by atoms with Crippen LogP contribution in [0.15, 0.2) is 48.5 Å². The van der Waals surface area contributed by atoms with Crippen molar-refractivity contribution in [1.29, 1.82) is 0 Å². The highest BCUT2D eigenvalue weighted by Crippen LogP contribution is 2.27. The molecule has 0 bridgehead atoms. The largest absolute Gasteiger partial charge is 0.492 e. The molecule has 0 spiro atoms. The molecule has 1 aliphatic rings. The van der Waals surface area contributed by atoms with Crippen LogP contribution >= 0.6 is 0 Å². The van der Waals surface area contributed by atoms with Crippen LogP contribution in [0.1, 0.15) is 22.8 Å². The van der Waals surface area contributed by atoms with Crippen LogP contribution in [-0.2, 0) is 16.0 Å². The molecule has 124 valence electrons. The van der Waals surface area contributed by atoms with E-state index in [1.165, 1.54) is 0 Å². The minimum Gasteiger partial charge on any atom is -0.492 e. The Kier molecular flexibility index (Phi) is 4.79. The third-order valence-corrected chi connectivity index (χ3v) is 3.80. The van der Waals surface area contributed by atoms with Gasteiger partial charge in [-0.05, 0) is 49.2 Å². The van der Waals surface area contributed by atoms with Crippen molar-refractivity contribution in [3.63, 3.8) is 0 Å². The van der Waals surface area contributed by atoms with Gasteiger partial charge in [-0.15, -0.1) is 0 Å². The number of fused-ring (bicyclic) bond motifs is 1. The number of hydrogen-bond donors (Lipinski definition) is 0. The molecule has 0 N–H and O–H groups in total. The maximum absolute atomic E-state index is 12.3. The van der Waals surface area contributed by atoms with Crippen molar-refractivity contribution in [3.8, 4) is 11.5 Å². The lowest BCUT2D eigenvalue weighted by Crippen LogP contribution is -2.31. The molecule has 1 atom stereocenters. The van der Waals surface area contributed by atoms with E-state index in [1.807, 2.05) is 24.3 Å². The van der Waals surface area contributed by atoms with Crippen molar-refractivity contribution in [2.75, 3.05) is 13.2 Å². The predicted octanol–water partition coefficient (Wildman–Crippen LogP) is 3.02. The average molecular weight is 326 g/mol. The predicted molar refractivity (Wildman–Crippen MR) is 87.2 cm³/mol. The van der Waals surface area contributed by atoms with Crippen molar-refractivity contribution in [2.45, 2.75) is 13.3 Å². The van der Waals surface area contributed by atoms with Gasteiger partial charge in [0.15, 0.2) is 0 Å². The first-order chi connectivity index (χ1) is 11.7. The molecule has 2 aromatic rings. The zero-order valence-electron chi connectivity index (χ0n) is 13.4. The highest BCUT2D eigenvalue weighted by atomic mass is 16.5. The minimum absolute atomic E-state index is 0.302. The maximum Gasteiger partial charge on any atom is 0.338 e. The van der Waals surface area contributed by atoms with E-state index in [9.17, 15) is 9.59 Å². The highest BCUT2D eigenvalue weighted by molar-refractivity contribution is 5.89. The molecule has 24 heavy (non-hydrogen) atoms. The van der Waals surface area contributed by atoms with Gasteiger partial charge in [0.05, 0.1) is 18.1 Å². The van der Waals surface area contributed by atoms with Gasteiger partial charge in [-0.25, -0.2) is 4.79 Å². The summed E-state index contributed by atoms with van der Waals surface area (Å²) in [6, 6.07) is 14.0. The van der Waals surface area contributed by atoms with Gasteiger partial charge in [0.25, 0.3) is 0 Å². The van der Waals surface area contributed by atoms with Crippen molar-refractivity contribution in [3.05, 3.63) is 59.7 Å². The molecule has 0 saturated heterocycles. The summed E-state index contributed by atoms with van der Waals surface area (Å²) in [5.41, 5.74) is 1.43. The smallest absolute Gasteiger partial charge is 0.338 e. The number of esters is 2. The van der Waals surface area contributed by atoms with Crippen molar-refractivity contribution in [2.24, 2.45) is 5.92 Å². The zero-order valence-corrected chi connectivity index (χ0v) is 13.4. The molecule has 5 nitrogen and oxygen atoms in total. The number of carbonyl (C=O) groups is 2. The lowest BCUT2D eigenvalue weighted by Gasteiger charge is -2.23. The Bertz CT molecular complexity index is 736. The van der Waals surface area contributed by atoms with Gasteiger partial charge in [0.2, 0.25) is 0 Å². The Morgan fingerprint density at radius 2 is 1.88 bits per heavy atom. The fraction of sp³-hybridized carbons (Fsp3) is 0.263. The van der Waals surface area contributed by atoms with Gasteiger partial charge >= 0.3 is 11.9 Å². The summed E-state index contributed by atoms with van der Waals surface area (Å²) in [4.78, 5) is 23.9. The first kappa shape index (κ1) is 16.1. The highest BCUT2D eigenvalue weighted by Gasteiger charge is 2.27. The second-order valence-electron chi connectivity index (χ2n) is 5.49. The molecule has 0 aromatic heterocycles. The Balaban J connectivity index is 1.62. The van der Waals surface area contributed by atoms with Gasteiger partial charge in [0.1, 0.15) is 18.1 Å². The Labute approximate surface area is 140 Å². The molecule has 2 aromatic carbocycles. The fourth-order valence-corrected chi connectivity index (χ4v) is 2.55. The van der Waals surface area contributed by atoms with Gasteiger partial charge in [0, 0.05) is 0 Å².